The third-order valence-corrected chi connectivity index (χ3v) is 4.58. The number of aromatic nitrogens is 3. The zero-order valence-corrected chi connectivity index (χ0v) is 10.7. The summed E-state index contributed by atoms with van der Waals surface area (Å²) in [6.45, 7) is 0. The highest BCUT2D eigenvalue weighted by Gasteiger charge is 2.58. The Morgan fingerprint density at radius 1 is 1.37 bits per heavy atom. The highest BCUT2D eigenvalue weighted by Crippen LogP contribution is 2.62. The normalized spacial score (nSPS) is 23.9. The maximum atomic E-state index is 12.2. The number of amides is 1. The predicted molar refractivity (Wildman–Crippen MR) is 70.6 cm³/mol. The maximum absolute atomic E-state index is 12.2. The topological polar surface area (TPSA) is 59.3 Å². The summed E-state index contributed by atoms with van der Waals surface area (Å²) in [7, 11) is 0. The van der Waals surface area contributed by atoms with Crippen molar-refractivity contribution in [3.8, 4) is 0 Å². The minimum atomic E-state index is 0.0952. The van der Waals surface area contributed by atoms with Crippen LogP contribution in [-0.2, 0) is 4.79 Å². The minimum Gasteiger partial charge on any atom is -0.293 e. The molecule has 2 heterocycles. The monoisotopic (exact) mass is 256 g/mol. The Kier molecular flexibility index (Phi) is 2.19. The molecule has 5 heteroatoms. The lowest BCUT2D eigenvalue weighted by atomic mass is 10.0. The summed E-state index contributed by atoms with van der Waals surface area (Å²) in [6.07, 6.45) is 7.85. The van der Waals surface area contributed by atoms with E-state index in [1.165, 1.54) is 25.7 Å². The molecular weight excluding hydrogens is 240 g/mol. The SMILES string of the molecule is O=C(Nc1nc2ccccn2n1)C1CC12CCCC2. The van der Waals surface area contributed by atoms with E-state index in [0.29, 0.717) is 11.4 Å². The van der Waals surface area contributed by atoms with Crippen molar-refractivity contribution in [1.29, 1.82) is 0 Å². The molecule has 2 aliphatic carbocycles. The van der Waals surface area contributed by atoms with E-state index in [1.54, 1.807) is 4.52 Å². The molecule has 0 aromatic carbocycles. The fourth-order valence-corrected chi connectivity index (χ4v) is 3.43. The molecule has 2 aliphatic rings. The number of hydrogen-bond acceptors (Lipinski definition) is 3. The molecule has 4 rings (SSSR count). The second-order valence-corrected chi connectivity index (χ2v) is 5.75. The second-order valence-electron chi connectivity index (χ2n) is 5.75. The number of anilines is 1. The van der Waals surface area contributed by atoms with Crippen molar-refractivity contribution >= 4 is 17.5 Å². The second kappa shape index (κ2) is 3.79. The number of nitrogens with one attached hydrogen (secondary N) is 1. The average molecular weight is 256 g/mol. The van der Waals surface area contributed by atoms with Crippen LogP contribution < -0.4 is 5.32 Å². The van der Waals surface area contributed by atoms with E-state index in [0.717, 1.165) is 12.1 Å². The van der Waals surface area contributed by atoms with Crippen LogP contribution in [0, 0.1) is 11.3 Å². The lowest BCUT2D eigenvalue weighted by Crippen LogP contribution is -2.18. The number of carbonyl (C=O) groups is 1. The highest BCUT2D eigenvalue weighted by molar-refractivity contribution is 5.93. The molecule has 5 nitrogen and oxygen atoms in total. The molecule has 1 N–H and O–H groups in total. The van der Waals surface area contributed by atoms with Gasteiger partial charge in [0, 0.05) is 12.1 Å². The first-order valence-electron chi connectivity index (χ1n) is 6.89. The standard InChI is InChI=1S/C14H16N4O/c19-12(10-9-14(10)6-2-3-7-14)16-13-15-11-5-1-4-8-18(11)17-13/h1,4-5,8,10H,2-3,6-7,9H2,(H,16,17,19). The molecule has 19 heavy (non-hydrogen) atoms. The zero-order chi connectivity index (χ0) is 12.9. The highest BCUT2D eigenvalue weighted by atomic mass is 16.2. The smallest absolute Gasteiger partial charge is 0.249 e. The lowest BCUT2D eigenvalue weighted by molar-refractivity contribution is -0.118. The van der Waals surface area contributed by atoms with Crippen molar-refractivity contribution in [2.75, 3.05) is 5.32 Å². The molecular formula is C14H16N4O. The molecule has 1 amide bonds. The summed E-state index contributed by atoms with van der Waals surface area (Å²) in [5, 5.41) is 7.11. The van der Waals surface area contributed by atoms with Crippen LogP contribution in [0.3, 0.4) is 0 Å². The Bertz CT molecular complexity index is 609. The number of pyridine rings is 1. The quantitative estimate of drug-likeness (QED) is 0.896. The molecule has 0 radical (unpaired) electrons. The molecule has 2 fully saturated rings. The van der Waals surface area contributed by atoms with Crippen LogP contribution in [0.4, 0.5) is 5.95 Å². The van der Waals surface area contributed by atoms with Crippen LogP contribution in [0.1, 0.15) is 32.1 Å². The van der Waals surface area contributed by atoms with Gasteiger partial charge >= 0.3 is 0 Å². The fourth-order valence-electron chi connectivity index (χ4n) is 3.43. The number of carbonyl (C=O) groups excluding carboxylic acids is 1. The average Bonchev–Trinajstić information content (AvgIpc) is 2.73. The first-order valence-corrected chi connectivity index (χ1v) is 6.89. The van der Waals surface area contributed by atoms with Crippen LogP contribution in [-0.4, -0.2) is 20.5 Å². The largest absolute Gasteiger partial charge is 0.293 e. The van der Waals surface area contributed by atoms with E-state index in [4.69, 9.17) is 0 Å². The Balaban J connectivity index is 1.51. The Morgan fingerprint density at radius 2 is 2.21 bits per heavy atom. The third-order valence-electron chi connectivity index (χ3n) is 4.58. The van der Waals surface area contributed by atoms with Crippen molar-refractivity contribution in [3.63, 3.8) is 0 Å². The van der Waals surface area contributed by atoms with Gasteiger partial charge in [-0.2, -0.15) is 4.98 Å². The van der Waals surface area contributed by atoms with E-state index in [9.17, 15) is 4.79 Å². The number of hydrogen-bond donors (Lipinski definition) is 1. The molecule has 2 aromatic heterocycles. The minimum absolute atomic E-state index is 0.0952. The summed E-state index contributed by atoms with van der Waals surface area (Å²) in [6, 6.07) is 5.67. The van der Waals surface area contributed by atoms with Crippen LogP contribution >= 0.6 is 0 Å². The van der Waals surface area contributed by atoms with Crippen LogP contribution in [0.15, 0.2) is 24.4 Å². The van der Waals surface area contributed by atoms with E-state index in [2.05, 4.69) is 15.4 Å². The molecule has 2 saturated carbocycles. The first kappa shape index (κ1) is 11.0. The van der Waals surface area contributed by atoms with E-state index in [1.807, 2.05) is 24.4 Å². The van der Waals surface area contributed by atoms with Crippen molar-refractivity contribution in [1.82, 2.24) is 14.6 Å². The van der Waals surface area contributed by atoms with E-state index in [-0.39, 0.29) is 11.8 Å². The lowest BCUT2D eigenvalue weighted by Gasteiger charge is -2.06. The number of rotatable bonds is 2. The Hall–Kier alpha value is -1.91. The van der Waals surface area contributed by atoms with Crippen molar-refractivity contribution in [2.45, 2.75) is 32.1 Å². The molecule has 1 spiro atoms. The van der Waals surface area contributed by atoms with Gasteiger partial charge < -0.3 is 0 Å². The van der Waals surface area contributed by atoms with Gasteiger partial charge in [0.2, 0.25) is 11.9 Å². The molecule has 1 unspecified atom stereocenters. The van der Waals surface area contributed by atoms with Gasteiger partial charge in [0.25, 0.3) is 0 Å². The van der Waals surface area contributed by atoms with E-state index >= 15 is 0 Å². The van der Waals surface area contributed by atoms with Gasteiger partial charge in [0.15, 0.2) is 5.65 Å². The summed E-state index contributed by atoms with van der Waals surface area (Å²) >= 11 is 0. The number of fused-ring (bicyclic) bond motifs is 1. The third kappa shape index (κ3) is 1.72. The van der Waals surface area contributed by atoms with Crippen molar-refractivity contribution in [2.24, 2.45) is 11.3 Å². The van der Waals surface area contributed by atoms with Crippen LogP contribution in [0.25, 0.3) is 5.65 Å². The molecule has 0 saturated heterocycles. The Labute approximate surface area is 111 Å². The number of nitrogens with zero attached hydrogens (tertiary/aromatic N) is 3. The van der Waals surface area contributed by atoms with Gasteiger partial charge in [-0.05, 0) is 36.8 Å². The Morgan fingerprint density at radius 3 is 3.00 bits per heavy atom. The molecule has 0 bridgehead atoms. The van der Waals surface area contributed by atoms with Crippen LogP contribution in [0.5, 0.6) is 0 Å². The van der Waals surface area contributed by atoms with Gasteiger partial charge in [-0.25, -0.2) is 4.52 Å². The maximum Gasteiger partial charge on any atom is 0.249 e. The summed E-state index contributed by atoms with van der Waals surface area (Å²) in [4.78, 5) is 16.5. The van der Waals surface area contributed by atoms with Gasteiger partial charge in [0.05, 0.1) is 0 Å². The molecule has 0 aliphatic heterocycles. The van der Waals surface area contributed by atoms with Crippen molar-refractivity contribution < 1.29 is 4.79 Å². The summed E-state index contributed by atoms with van der Waals surface area (Å²) in [5.74, 6) is 0.690. The fraction of sp³-hybridized carbons (Fsp3) is 0.500. The molecule has 1 atom stereocenters. The van der Waals surface area contributed by atoms with Gasteiger partial charge in [-0.15, -0.1) is 5.10 Å². The van der Waals surface area contributed by atoms with Gasteiger partial charge in [0.1, 0.15) is 0 Å². The van der Waals surface area contributed by atoms with E-state index < -0.39 is 0 Å². The van der Waals surface area contributed by atoms with Gasteiger partial charge in [-0.1, -0.05) is 18.9 Å². The summed E-state index contributed by atoms with van der Waals surface area (Å²) in [5.41, 5.74) is 1.08. The van der Waals surface area contributed by atoms with Crippen molar-refractivity contribution in [3.05, 3.63) is 24.4 Å². The molecule has 2 aromatic rings. The molecule has 98 valence electrons. The predicted octanol–water partition coefficient (Wildman–Crippen LogP) is 2.25. The van der Waals surface area contributed by atoms with Crippen LogP contribution in [0.2, 0.25) is 0 Å². The first-order chi connectivity index (χ1) is 9.27. The summed E-state index contributed by atoms with van der Waals surface area (Å²) < 4.78 is 1.67. The van der Waals surface area contributed by atoms with Gasteiger partial charge in [-0.3, -0.25) is 10.1 Å². The zero-order valence-electron chi connectivity index (χ0n) is 10.7.